The summed E-state index contributed by atoms with van der Waals surface area (Å²) >= 11 is 0. The fourth-order valence-electron chi connectivity index (χ4n) is 5.53. The number of likely N-dealkylation sites (tertiary alicyclic amines) is 1. The van der Waals surface area contributed by atoms with Crippen molar-refractivity contribution in [1.29, 1.82) is 0 Å². The summed E-state index contributed by atoms with van der Waals surface area (Å²) in [7, 11) is 0. The highest BCUT2D eigenvalue weighted by atomic mass is 16.5. The molecule has 4 atom stereocenters. The zero-order chi connectivity index (χ0) is 19.4. The van der Waals surface area contributed by atoms with E-state index >= 15 is 0 Å². The molecule has 152 valence electrons. The molecule has 3 aliphatic rings. The van der Waals surface area contributed by atoms with Gasteiger partial charge < -0.3 is 10.1 Å². The molecule has 4 nitrogen and oxygen atoms in total. The average Bonchev–Trinajstić information content (AvgIpc) is 3.37. The van der Waals surface area contributed by atoms with Gasteiger partial charge in [0.25, 0.3) is 0 Å². The molecule has 3 aliphatic heterocycles. The first-order chi connectivity index (χ1) is 13.7. The van der Waals surface area contributed by atoms with Crippen LogP contribution in [-0.2, 0) is 16.0 Å². The van der Waals surface area contributed by atoms with Gasteiger partial charge in [-0.3, -0.25) is 9.69 Å². The Morgan fingerprint density at radius 1 is 1.36 bits per heavy atom. The maximum atomic E-state index is 12.2. The van der Waals surface area contributed by atoms with Crippen molar-refractivity contribution in [1.82, 2.24) is 10.2 Å². The molecule has 0 saturated carbocycles. The zero-order valence-corrected chi connectivity index (χ0v) is 17.1. The van der Waals surface area contributed by atoms with Crippen LogP contribution in [0.4, 0.5) is 0 Å². The molecule has 0 unspecified atom stereocenters. The fourth-order valence-corrected chi connectivity index (χ4v) is 5.53. The van der Waals surface area contributed by atoms with Gasteiger partial charge in [-0.15, -0.1) is 0 Å². The van der Waals surface area contributed by atoms with Crippen molar-refractivity contribution in [2.45, 2.75) is 57.2 Å². The molecule has 1 aromatic rings. The molecule has 3 fully saturated rings. The third-order valence-electron chi connectivity index (χ3n) is 6.96. The van der Waals surface area contributed by atoms with Crippen LogP contribution in [0.15, 0.2) is 42.5 Å². The van der Waals surface area contributed by atoms with Crippen LogP contribution in [0.1, 0.15) is 44.6 Å². The minimum Gasteiger partial charge on any atom is -0.370 e. The smallest absolute Gasteiger partial charge is 0.220 e. The Balaban J connectivity index is 1.27. The van der Waals surface area contributed by atoms with E-state index in [2.05, 4.69) is 46.6 Å². The first-order valence-corrected chi connectivity index (χ1v) is 11.0. The molecule has 1 aromatic carbocycles. The Morgan fingerprint density at radius 2 is 2.21 bits per heavy atom. The number of fused-ring (bicyclic) bond motifs is 1. The number of amides is 1. The molecule has 2 bridgehead atoms. The predicted molar refractivity (Wildman–Crippen MR) is 112 cm³/mol. The lowest BCUT2D eigenvalue weighted by Gasteiger charge is -2.29. The van der Waals surface area contributed by atoms with E-state index in [4.69, 9.17) is 4.74 Å². The number of ether oxygens (including phenoxy) is 1. The highest BCUT2D eigenvalue weighted by Crippen LogP contribution is 2.54. The van der Waals surface area contributed by atoms with Crippen LogP contribution >= 0.6 is 0 Å². The number of nitrogens with zero attached hydrogens (tertiary/aromatic N) is 1. The van der Waals surface area contributed by atoms with Crippen molar-refractivity contribution in [3.05, 3.63) is 48.0 Å². The summed E-state index contributed by atoms with van der Waals surface area (Å²) in [5.41, 5.74) is 1.46. The van der Waals surface area contributed by atoms with Crippen LogP contribution in [0.5, 0.6) is 0 Å². The molecule has 3 heterocycles. The van der Waals surface area contributed by atoms with E-state index in [1.807, 2.05) is 13.0 Å². The molecule has 1 amide bonds. The minimum atomic E-state index is 0.0582. The third kappa shape index (κ3) is 4.18. The summed E-state index contributed by atoms with van der Waals surface area (Å²) in [4.78, 5) is 14.8. The van der Waals surface area contributed by atoms with Crippen LogP contribution in [0.2, 0.25) is 0 Å². The van der Waals surface area contributed by atoms with Crippen molar-refractivity contribution in [2.75, 3.05) is 26.2 Å². The summed E-state index contributed by atoms with van der Waals surface area (Å²) in [6, 6.07) is 10.7. The van der Waals surface area contributed by atoms with Gasteiger partial charge in [-0.1, -0.05) is 42.5 Å². The number of benzene rings is 1. The van der Waals surface area contributed by atoms with Crippen molar-refractivity contribution >= 4 is 5.91 Å². The van der Waals surface area contributed by atoms with Gasteiger partial charge in [-0.05, 0) is 44.6 Å². The molecule has 0 radical (unpaired) electrons. The maximum Gasteiger partial charge on any atom is 0.220 e. The van der Waals surface area contributed by atoms with Crippen LogP contribution in [0, 0.1) is 11.8 Å². The lowest BCUT2D eigenvalue weighted by Crippen LogP contribution is -2.41. The van der Waals surface area contributed by atoms with Crippen molar-refractivity contribution < 1.29 is 9.53 Å². The highest BCUT2D eigenvalue weighted by molar-refractivity contribution is 5.75. The third-order valence-corrected chi connectivity index (χ3v) is 6.96. The summed E-state index contributed by atoms with van der Waals surface area (Å²) < 4.78 is 6.52. The van der Waals surface area contributed by atoms with Gasteiger partial charge in [0.2, 0.25) is 5.91 Å². The Labute approximate surface area is 169 Å². The highest BCUT2D eigenvalue weighted by Gasteiger charge is 2.62. The Hall–Kier alpha value is -1.65. The summed E-state index contributed by atoms with van der Waals surface area (Å²) in [6.45, 7) is 6.09. The zero-order valence-electron chi connectivity index (χ0n) is 17.1. The van der Waals surface area contributed by atoms with E-state index in [9.17, 15) is 4.79 Å². The largest absolute Gasteiger partial charge is 0.370 e. The number of hydrogen-bond acceptors (Lipinski definition) is 3. The molecule has 1 spiro atoms. The van der Waals surface area contributed by atoms with Gasteiger partial charge in [-0.25, -0.2) is 0 Å². The van der Waals surface area contributed by atoms with E-state index in [1.54, 1.807) is 0 Å². The Bertz CT molecular complexity index is 689. The summed E-state index contributed by atoms with van der Waals surface area (Å²) in [5.74, 6) is 1.25. The predicted octanol–water partition coefficient (Wildman–Crippen LogP) is 3.57. The second-order valence-corrected chi connectivity index (χ2v) is 8.77. The standard InChI is InChI=1S/C24H34N2O2/c1-2-3-4-8-11-23(27)25-16-20-21-17-26(15-13-19-9-6-5-7-10-19)18-24(21)14-12-22(20)28-24/h2-3,5-7,9-10,20-22H,4,8,11-18H2,1H3,(H,25,27)/t20-,21+,22+,24+/m0/s1. The average molecular weight is 383 g/mol. The lowest BCUT2D eigenvalue weighted by molar-refractivity contribution is -0.121. The number of carbonyl (C=O) groups excluding carboxylic acids is 1. The quantitative estimate of drug-likeness (QED) is 0.524. The first kappa shape index (κ1) is 19.7. The van der Waals surface area contributed by atoms with Crippen molar-refractivity contribution in [3.8, 4) is 0 Å². The summed E-state index contributed by atoms with van der Waals surface area (Å²) in [6.07, 6.45) is 10.5. The fraction of sp³-hybridized carbons (Fsp3) is 0.625. The van der Waals surface area contributed by atoms with Gasteiger partial charge in [0.05, 0.1) is 11.7 Å². The van der Waals surface area contributed by atoms with E-state index < -0.39 is 0 Å². The molecule has 3 saturated heterocycles. The Kier molecular flexibility index (Phi) is 6.17. The maximum absolute atomic E-state index is 12.2. The molecule has 4 rings (SSSR count). The number of hydrogen-bond donors (Lipinski definition) is 1. The number of unbranched alkanes of at least 4 members (excludes halogenated alkanes) is 1. The van der Waals surface area contributed by atoms with E-state index in [0.29, 0.717) is 24.4 Å². The molecule has 28 heavy (non-hydrogen) atoms. The van der Waals surface area contributed by atoms with Gasteiger partial charge in [0, 0.05) is 44.4 Å². The number of carbonyl (C=O) groups is 1. The molecule has 0 aromatic heterocycles. The van der Waals surface area contributed by atoms with Crippen LogP contribution in [0.3, 0.4) is 0 Å². The number of allylic oxidation sites excluding steroid dienone is 2. The van der Waals surface area contributed by atoms with E-state index in [1.165, 1.54) is 12.0 Å². The molecule has 1 N–H and O–H groups in total. The van der Waals surface area contributed by atoms with Gasteiger partial charge >= 0.3 is 0 Å². The van der Waals surface area contributed by atoms with Gasteiger partial charge in [0.15, 0.2) is 0 Å². The summed E-state index contributed by atoms with van der Waals surface area (Å²) in [5, 5.41) is 3.21. The van der Waals surface area contributed by atoms with Gasteiger partial charge in [-0.2, -0.15) is 0 Å². The van der Waals surface area contributed by atoms with Crippen LogP contribution in [0.25, 0.3) is 0 Å². The van der Waals surface area contributed by atoms with Crippen LogP contribution in [-0.4, -0.2) is 48.7 Å². The second-order valence-electron chi connectivity index (χ2n) is 8.77. The topological polar surface area (TPSA) is 41.6 Å². The van der Waals surface area contributed by atoms with Crippen molar-refractivity contribution in [2.24, 2.45) is 11.8 Å². The Morgan fingerprint density at radius 3 is 3.04 bits per heavy atom. The van der Waals surface area contributed by atoms with Crippen molar-refractivity contribution in [3.63, 3.8) is 0 Å². The lowest BCUT2D eigenvalue weighted by atomic mass is 9.73. The molecular weight excluding hydrogens is 348 g/mol. The first-order valence-electron chi connectivity index (χ1n) is 11.0. The number of nitrogens with one attached hydrogen (secondary N) is 1. The normalized spacial score (nSPS) is 31.5. The number of rotatable bonds is 9. The molecular formula is C24H34N2O2. The molecule has 0 aliphatic carbocycles. The van der Waals surface area contributed by atoms with E-state index in [0.717, 1.165) is 51.9 Å². The monoisotopic (exact) mass is 382 g/mol. The SMILES string of the molecule is CC=CCCCC(=O)NC[C@H]1[C@H]2CN(CCc3ccccc3)C[C@]23CC[C@H]1O3. The van der Waals surface area contributed by atoms with Gasteiger partial charge in [0.1, 0.15) is 0 Å². The molecule has 4 heteroatoms. The van der Waals surface area contributed by atoms with E-state index in [-0.39, 0.29) is 11.5 Å². The van der Waals surface area contributed by atoms with Crippen LogP contribution < -0.4 is 5.32 Å². The minimum absolute atomic E-state index is 0.0582. The second kappa shape index (κ2) is 8.79.